The number of benzene rings is 1. The van der Waals surface area contributed by atoms with E-state index in [1.54, 1.807) is 0 Å². The minimum absolute atomic E-state index is 0.0207. The number of halogens is 6. The Hall–Kier alpha value is -1.77. The fourth-order valence-corrected chi connectivity index (χ4v) is 8.11. The third-order valence-corrected chi connectivity index (χ3v) is 9.93. The van der Waals surface area contributed by atoms with Gasteiger partial charge in [-0.15, -0.1) is 0 Å². The largest absolute Gasteiger partial charge is 0.416 e. The number of amides is 1. The lowest BCUT2D eigenvalue weighted by Crippen LogP contribution is -2.47. The van der Waals surface area contributed by atoms with Gasteiger partial charge in [0, 0.05) is 31.6 Å². The molecule has 218 valence electrons. The summed E-state index contributed by atoms with van der Waals surface area (Å²) >= 11 is 0. The highest BCUT2D eigenvalue weighted by Gasteiger charge is 2.45. The molecule has 9 heteroatoms. The molecule has 1 aromatic carbocycles. The van der Waals surface area contributed by atoms with Gasteiger partial charge >= 0.3 is 12.4 Å². The fraction of sp³-hybridized carbons (Fsp3) is 0.767. The molecule has 1 N–H and O–H groups in total. The molecule has 3 atom stereocenters. The highest BCUT2D eigenvalue weighted by atomic mass is 19.4. The van der Waals surface area contributed by atoms with Crippen LogP contribution >= 0.6 is 0 Å². The lowest BCUT2D eigenvalue weighted by atomic mass is 9.69. The molecule has 0 bridgehead atoms. The van der Waals surface area contributed by atoms with E-state index in [9.17, 15) is 31.1 Å². The molecule has 3 saturated carbocycles. The summed E-state index contributed by atoms with van der Waals surface area (Å²) in [5, 5.41) is 3.42. The van der Waals surface area contributed by atoms with Gasteiger partial charge in [0.1, 0.15) is 0 Å². The first kappa shape index (κ1) is 28.7. The van der Waals surface area contributed by atoms with Gasteiger partial charge in [-0.2, -0.15) is 26.3 Å². The van der Waals surface area contributed by atoms with Crippen molar-refractivity contribution in [3.8, 4) is 0 Å². The number of hydrogen-bond acceptors (Lipinski definition) is 2. The Kier molecular flexibility index (Phi) is 8.56. The molecule has 1 saturated heterocycles. The zero-order valence-electron chi connectivity index (χ0n) is 22.4. The Bertz CT molecular complexity index is 946. The second-order valence-electron chi connectivity index (χ2n) is 12.5. The van der Waals surface area contributed by atoms with Crippen LogP contribution in [0.15, 0.2) is 18.2 Å². The van der Waals surface area contributed by atoms with Crippen LogP contribution in [0.4, 0.5) is 26.3 Å². The Labute approximate surface area is 227 Å². The average molecular weight is 559 g/mol. The van der Waals surface area contributed by atoms with Gasteiger partial charge in [0.15, 0.2) is 0 Å². The standard InChI is InChI=1S/C30H40F6N2O/c31-29(32,33)23-13-19(14-24(15-23)30(34,35)36)16-38-17-22-11-12-26(25(22)18-38)37-28(39)27(20-7-3-1-4-8-20)21-9-5-2-6-10-21/h13-15,20-22,25-27H,1-12,16-18H2,(H,37,39)/t22-,25?,26?/m0/s1. The van der Waals surface area contributed by atoms with Crippen molar-refractivity contribution < 1.29 is 31.1 Å². The molecule has 4 aliphatic rings. The highest BCUT2D eigenvalue weighted by Crippen LogP contribution is 2.43. The van der Waals surface area contributed by atoms with Gasteiger partial charge in [0.05, 0.1) is 11.1 Å². The first-order chi connectivity index (χ1) is 18.5. The maximum atomic E-state index is 13.8. The van der Waals surface area contributed by atoms with Gasteiger partial charge in [-0.1, -0.05) is 38.5 Å². The Morgan fingerprint density at radius 2 is 1.31 bits per heavy atom. The third-order valence-electron chi connectivity index (χ3n) is 9.93. The van der Waals surface area contributed by atoms with Gasteiger partial charge in [-0.05, 0) is 86.0 Å². The Morgan fingerprint density at radius 1 is 0.769 bits per heavy atom. The van der Waals surface area contributed by atoms with Crippen LogP contribution in [0.5, 0.6) is 0 Å². The highest BCUT2D eigenvalue weighted by molar-refractivity contribution is 5.79. The molecular formula is C30H40F6N2O. The number of nitrogens with zero attached hydrogens (tertiary/aromatic N) is 1. The summed E-state index contributed by atoms with van der Waals surface area (Å²) in [7, 11) is 0. The number of rotatable bonds is 6. The third kappa shape index (κ3) is 6.76. The van der Waals surface area contributed by atoms with Crippen LogP contribution in [-0.2, 0) is 23.7 Å². The van der Waals surface area contributed by atoms with E-state index < -0.39 is 23.5 Å². The van der Waals surface area contributed by atoms with E-state index in [1.165, 1.54) is 38.5 Å². The van der Waals surface area contributed by atoms with Crippen molar-refractivity contribution in [2.45, 2.75) is 102 Å². The summed E-state index contributed by atoms with van der Waals surface area (Å²) in [6.07, 6.45) is 3.84. The van der Waals surface area contributed by atoms with E-state index in [-0.39, 0.29) is 42.0 Å². The number of fused-ring (bicyclic) bond motifs is 1. The van der Waals surface area contributed by atoms with Gasteiger partial charge in [-0.3, -0.25) is 9.69 Å². The van der Waals surface area contributed by atoms with Crippen molar-refractivity contribution in [2.24, 2.45) is 29.6 Å². The van der Waals surface area contributed by atoms with Crippen LogP contribution in [0.1, 0.15) is 93.7 Å². The first-order valence-electron chi connectivity index (χ1n) is 14.8. The molecule has 3 aliphatic carbocycles. The molecule has 0 radical (unpaired) electrons. The smallest absolute Gasteiger partial charge is 0.353 e. The number of carbonyl (C=O) groups is 1. The second-order valence-corrected chi connectivity index (χ2v) is 12.5. The molecule has 1 aromatic rings. The molecule has 39 heavy (non-hydrogen) atoms. The molecule has 0 aromatic heterocycles. The summed E-state index contributed by atoms with van der Waals surface area (Å²) in [5.74, 6) is 1.62. The zero-order valence-corrected chi connectivity index (χ0v) is 22.4. The number of carbonyl (C=O) groups excluding carboxylic acids is 1. The van der Waals surface area contributed by atoms with Crippen molar-refractivity contribution in [3.05, 3.63) is 34.9 Å². The average Bonchev–Trinajstić information content (AvgIpc) is 3.45. The van der Waals surface area contributed by atoms with Crippen molar-refractivity contribution in [3.63, 3.8) is 0 Å². The van der Waals surface area contributed by atoms with E-state index in [1.807, 2.05) is 4.90 Å². The Morgan fingerprint density at radius 3 is 1.82 bits per heavy atom. The SMILES string of the molecule is O=C(NC1CC[C@H]2CN(Cc3cc(C(F)(F)F)cc(C(F)(F)F)c3)CC12)C(C1CCCCC1)C1CCCCC1. The first-order valence-corrected chi connectivity index (χ1v) is 14.8. The van der Waals surface area contributed by atoms with Crippen molar-refractivity contribution in [1.29, 1.82) is 0 Å². The Balaban J connectivity index is 1.25. The lowest BCUT2D eigenvalue weighted by Gasteiger charge is -2.37. The minimum atomic E-state index is -4.85. The number of hydrogen-bond donors (Lipinski definition) is 1. The van der Waals surface area contributed by atoms with Crippen molar-refractivity contribution in [1.82, 2.24) is 10.2 Å². The molecule has 3 nitrogen and oxygen atoms in total. The van der Waals surface area contributed by atoms with Crippen LogP contribution in [-0.4, -0.2) is 29.9 Å². The van der Waals surface area contributed by atoms with E-state index in [0.29, 0.717) is 30.8 Å². The second kappa shape index (κ2) is 11.6. The molecule has 1 heterocycles. The van der Waals surface area contributed by atoms with Crippen molar-refractivity contribution in [2.75, 3.05) is 13.1 Å². The predicted octanol–water partition coefficient (Wildman–Crippen LogP) is 7.83. The molecule has 5 rings (SSSR count). The summed E-state index contributed by atoms with van der Waals surface area (Å²) in [4.78, 5) is 15.7. The van der Waals surface area contributed by atoms with E-state index in [4.69, 9.17) is 0 Å². The van der Waals surface area contributed by atoms with E-state index in [2.05, 4.69) is 5.32 Å². The van der Waals surface area contributed by atoms with E-state index >= 15 is 0 Å². The van der Waals surface area contributed by atoms with Crippen LogP contribution in [0.25, 0.3) is 0 Å². The maximum Gasteiger partial charge on any atom is 0.416 e. The molecule has 4 fully saturated rings. The minimum Gasteiger partial charge on any atom is -0.353 e. The van der Waals surface area contributed by atoms with Gasteiger partial charge in [-0.25, -0.2) is 0 Å². The predicted molar refractivity (Wildman–Crippen MR) is 137 cm³/mol. The monoisotopic (exact) mass is 558 g/mol. The van der Waals surface area contributed by atoms with Crippen LogP contribution in [0.3, 0.4) is 0 Å². The number of likely N-dealkylation sites (tertiary alicyclic amines) is 1. The fourth-order valence-electron chi connectivity index (χ4n) is 8.11. The quantitative estimate of drug-likeness (QED) is 0.361. The van der Waals surface area contributed by atoms with Gasteiger partial charge in [0.25, 0.3) is 0 Å². The maximum absolute atomic E-state index is 13.8. The van der Waals surface area contributed by atoms with Gasteiger partial charge in [0.2, 0.25) is 5.91 Å². The van der Waals surface area contributed by atoms with Crippen molar-refractivity contribution >= 4 is 5.91 Å². The van der Waals surface area contributed by atoms with Crippen LogP contribution < -0.4 is 5.32 Å². The number of nitrogens with one attached hydrogen (secondary N) is 1. The van der Waals surface area contributed by atoms with Gasteiger partial charge < -0.3 is 5.32 Å². The molecule has 1 aliphatic heterocycles. The zero-order chi connectivity index (χ0) is 27.8. The summed E-state index contributed by atoms with van der Waals surface area (Å²) in [6.45, 7) is 1.24. The molecule has 0 spiro atoms. The van der Waals surface area contributed by atoms with Crippen LogP contribution in [0, 0.1) is 29.6 Å². The molecule has 2 unspecified atom stereocenters. The topological polar surface area (TPSA) is 32.3 Å². The normalized spacial score (nSPS) is 27.7. The van der Waals surface area contributed by atoms with E-state index in [0.717, 1.165) is 50.7 Å². The molecule has 1 amide bonds. The summed E-state index contributed by atoms with van der Waals surface area (Å²) in [5.41, 5.74) is -2.52. The summed E-state index contributed by atoms with van der Waals surface area (Å²) in [6, 6.07) is 1.88. The summed E-state index contributed by atoms with van der Waals surface area (Å²) < 4.78 is 79.9. The molecular weight excluding hydrogens is 518 g/mol. The number of alkyl halides is 6. The lowest BCUT2D eigenvalue weighted by molar-refractivity contribution is -0.143. The van der Waals surface area contributed by atoms with Crippen LogP contribution in [0.2, 0.25) is 0 Å².